The van der Waals surface area contributed by atoms with Gasteiger partial charge >= 0.3 is 0 Å². The molecule has 1 aromatic carbocycles. The summed E-state index contributed by atoms with van der Waals surface area (Å²) >= 11 is 0. The van der Waals surface area contributed by atoms with Gasteiger partial charge in [-0.2, -0.15) is 0 Å². The van der Waals surface area contributed by atoms with Gasteiger partial charge in [0.05, 0.1) is 23.6 Å². The lowest BCUT2D eigenvalue weighted by molar-refractivity contribution is 1.22. The maximum absolute atomic E-state index is 4.44. The molecule has 0 unspecified atom stereocenters. The first kappa shape index (κ1) is 11.7. The Bertz CT molecular complexity index is 858. The summed E-state index contributed by atoms with van der Waals surface area (Å²) in [6, 6.07) is 13.7. The summed E-state index contributed by atoms with van der Waals surface area (Å²) in [4.78, 5) is 17.4. The third-order valence-corrected chi connectivity index (χ3v) is 3.18. The predicted molar refractivity (Wildman–Crippen MR) is 82.4 cm³/mol. The van der Waals surface area contributed by atoms with Crippen molar-refractivity contribution in [3.8, 4) is 0 Å². The third-order valence-electron chi connectivity index (χ3n) is 3.18. The van der Waals surface area contributed by atoms with Gasteiger partial charge in [0.1, 0.15) is 5.52 Å². The highest BCUT2D eigenvalue weighted by Crippen LogP contribution is 2.19. The zero-order valence-electron chi connectivity index (χ0n) is 11.1. The minimum Gasteiger partial charge on any atom is -0.338 e. The molecule has 3 aromatic heterocycles. The molecule has 0 saturated carbocycles. The van der Waals surface area contributed by atoms with Crippen molar-refractivity contribution in [1.29, 1.82) is 0 Å². The quantitative estimate of drug-likeness (QED) is 0.607. The second-order valence-electron chi connectivity index (χ2n) is 4.64. The summed E-state index contributed by atoms with van der Waals surface area (Å²) in [5.74, 6) is 0.651. The normalized spacial score (nSPS) is 10.9. The van der Waals surface area contributed by atoms with Crippen molar-refractivity contribution in [1.82, 2.24) is 19.9 Å². The molecule has 0 fully saturated rings. The van der Waals surface area contributed by atoms with Gasteiger partial charge < -0.3 is 5.32 Å². The van der Waals surface area contributed by atoms with E-state index in [1.54, 1.807) is 18.6 Å². The van der Waals surface area contributed by atoms with E-state index in [0.29, 0.717) is 11.5 Å². The van der Waals surface area contributed by atoms with Crippen molar-refractivity contribution in [3.05, 3.63) is 61.1 Å². The molecule has 0 bridgehead atoms. The summed E-state index contributed by atoms with van der Waals surface area (Å²) in [6.45, 7) is 0. The molecule has 1 N–H and O–H groups in total. The molecule has 3 heterocycles. The minimum absolute atomic E-state index is 0.622. The van der Waals surface area contributed by atoms with E-state index in [1.807, 2.05) is 42.5 Å². The number of anilines is 2. The lowest BCUT2D eigenvalue weighted by Gasteiger charge is -2.06. The van der Waals surface area contributed by atoms with Crippen molar-refractivity contribution in [3.63, 3.8) is 0 Å². The molecule has 4 aromatic rings. The third kappa shape index (κ3) is 2.25. The van der Waals surface area contributed by atoms with Gasteiger partial charge in [-0.25, -0.2) is 15.0 Å². The van der Waals surface area contributed by atoms with Crippen LogP contribution in [0.5, 0.6) is 0 Å². The fourth-order valence-electron chi connectivity index (χ4n) is 2.20. The lowest BCUT2D eigenvalue weighted by Crippen LogP contribution is -1.97. The van der Waals surface area contributed by atoms with Gasteiger partial charge in [0.2, 0.25) is 0 Å². The second kappa shape index (κ2) is 4.79. The fourth-order valence-corrected chi connectivity index (χ4v) is 2.20. The SMILES string of the molecule is c1ccc2ncc(Nc3cnc4cccnc4n3)cc2c1. The zero-order chi connectivity index (χ0) is 14.1. The van der Waals surface area contributed by atoms with Crippen LogP contribution in [0.2, 0.25) is 0 Å². The molecular formula is C16H11N5. The molecule has 4 rings (SSSR count). The summed E-state index contributed by atoms with van der Waals surface area (Å²) in [6.07, 6.45) is 5.18. The Hall–Kier alpha value is -3.08. The van der Waals surface area contributed by atoms with E-state index in [9.17, 15) is 0 Å². The number of para-hydroxylation sites is 1. The molecule has 0 aliphatic carbocycles. The molecular weight excluding hydrogens is 262 g/mol. The molecule has 0 atom stereocenters. The molecule has 100 valence electrons. The Labute approximate surface area is 120 Å². The smallest absolute Gasteiger partial charge is 0.180 e. The summed E-state index contributed by atoms with van der Waals surface area (Å²) in [7, 11) is 0. The molecule has 0 spiro atoms. The maximum atomic E-state index is 4.44. The van der Waals surface area contributed by atoms with Crippen LogP contribution in [0.25, 0.3) is 22.1 Å². The van der Waals surface area contributed by atoms with E-state index in [1.165, 1.54) is 0 Å². The molecule has 21 heavy (non-hydrogen) atoms. The van der Waals surface area contributed by atoms with E-state index >= 15 is 0 Å². The van der Waals surface area contributed by atoms with Crippen molar-refractivity contribution in [2.75, 3.05) is 5.32 Å². The number of nitrogens with one attached hydrogen (secondary N) is 1. The van der Waals surface area contributed by atoms with E-state index in [-0.39, 0.29) is 0 Å². The molecule has 5 nitrogen and oxygen atoms in total. The highest BCUT2D eigenvalue weighted by atomic mass is 15.0. The van der Waals surface area contributed by atoms with Crippen LogP contribution < -0.4 is 5.32 Å². The van der Waals surface area contributed by atoms with Crippen molar-refractivity contribution < 1.29 is 0 Å². The zero-order valence-corrected chi connectivity index (χ0v) is 11.1. The van der Waals surface area contributed by atoms with Crippen LogP contribution in [-0.4, -0.2) is 19.9 Å². The second-order valence-corrected chi connectivity index (χ2v) is 4.64. The number of pyridine rings is 2. The molecule has 0 aliphatic heterocycles. The van der Waals surface area contributed by atoms with E-state index < -0.39 is 0 Å². The number of hydrogen-bond donors (Lipinski definition) is 1. The first-order valence-electron chi connectivity index (χ1n) is 6.58. The number of hydrogen-bond acceptors (Lipinski definition) is 5. The van der Waals surface area contributed by atoms with Gasteiger partial charge in [-0.3, -0.25) is 4.98 Å². The number of aromatic nitrogens is 4. The first-order chi connectivity index (χ1) is 10.4. The number of fused-ring (bicyclic) bond motifs is 2. The lowest BCUT2D eigenvalue weighted by atomic mass is 10.2. The van der Waals surface area contributed by atoms with Crippen molar-refractivity contribution in [2.24, 2.45) is 0 Å². The number of rotatable bonds is 2. The molecule has 5 heteroatoms. The van der Waals surface area contributed by atoms with Crippen molar-refractivity contribution in [2.45, 2.75) is 0 Å². The van der Waals surface area contributed by atoms with E-state index in [4.69, 9.17) is 0 Å². The highest BCUT2D eigenvalue weighted by molar-refractivity contribution is 5.82. The number of nitrogens with zero attached hydrogens (tertiary/aromatic N) is 4. The van der Waals surface area contributed by atoms with Crippen LogP contribution in [0.15, 0.2) is 61.1 Å². The van der Waals surface area contributed by atoms with Gasteiger partial charge in [0, 0.05) is 11.6 Å². The van der Waals surface area contributed by atoms with E-state index in [2.05, 4.69) is 25.3 Å². The van der Waals surface area contributed by atoms with Gasteiger partial charge in [-0.15, -0.1) is 0 Å². The predicted octanol–water partition coefficient (Wildman–Crippen LogP) is 3.32. The van der Waals surface area contributed by atoms with Gasteiger partial charge in [-0.05, 0) is 24.3 Å². The fraction of sp³-hybridized carbons (Fsp3) is 0. The monoisotopic (exact) mass is 273 g/mol. The summed E-state index contributed by atoms with van der Waals surface area (Å²) < 4.78 is 0. The van der Waals surface area contributed by atoms with E-state index in [0.717, 1.165) is 22.1 Å². The Morgan fingerprint density at radius 3 is 2.67 bits per heavy atom. The number of benzene rings is 1. The van der Waals surface area contributed by atoms with Gasteiger partial charge in [0.15, 0.2) is 11.5 Å². The molecule has 0 amide bonds. The van der Waals surface area contributed by atoms with Crippen LogP contribution >= 0.6 is 0 Å². The average Bonchev–Trinajstić information content (AvgIpc) is 2.55. The Morgan fingerprint density at radius 2 is 1.67 bits per heavy atom. The molecule has 0 radical (unpaired) electrons. The molecule has 0 aliphatic rings. The van der Waals surface area contributed by atoms with Crippen LogP contribution in [0.3, 0.4) is 0 Å². The molecule has 0 saturated heterocycles. The van der Waals surface area contributed by atoms with Gasteiger partial charge in [0.25, 0.3) is 0 Å². The van der Waals surface area contributed by atoms with Crippen LogP contribution in [0.4, 0.5) is 11.5 Å². The summed E-state index contributed by atoms with van der Waals surface area (Å²) in [5.41, 5.74) is 3.24. The van der Waals surface area contributed by atoms with Crippen LogP contribution in [0.1, 0.15) is 0 Å². The summed E-state index contributed by atoms with van der Waals surface area (Å²) in [5, 5.41) is 4.29. The topological polar surface area (TPSA) is 63.6 Å². The van der Waals surface area contributed by atoms with Crippen LogP contribution in [0, 0.1) is 0 Å². The maximum Gasteiger partial charge on any atom is 0.180 e. The standard InChI is InChI=1S/C16H11N5/c1-2-5-13-11(4-1)8-12(9-18-13)20-15-10-19-14-6-3-7-17-16(14)21-15/h1-10H,(H,17,20,21). The van der Waals surface area contributed by atoms with Gasteiger partial charge in [-0.1, -0.05) is 18.2 Å². The first-order valence-corrected chi connectivity index (χ1v) is 6.58. The van der Waals surface area contributed by atoms with Crippen molar-refractivity contribution >= 4 is 33.6 Å². The highest BCUT2D eigenvalue weighted by Gasteiger charge is 2.02. The Kier molecular flexibility index (Phi) is 2.67. The largest absolute Gasteiger partial charge is 0.338 e. The minimum atomic E-state index is 0.622. The Balaban J connectivity index is 1.71. The average molecular weight is 273 g/mol. The Morgan fingerprint density at radius 1 is 0.810 bits per heavy atom. The van der Waals surface area contributed by atoms with Crippen LogP contribution in [-0.2, 0) is 0 Å².